The van der Waals surface area contributed by atoms with Crippen molar-refractivity contribution in [2.75, 3.05) is 32.2 Å². The molecule has 118 valence electrons. The number of nitrogens with zero attached hydrogens (tertiary/aromatic N) is 3. The first kappa shape index (κ1) is 16.1. The van der Waals surface area contributed by atoms with Crippen LogP contribution in [0.4, 0.5) is 5.82 Å². The second-order valence-corrected chi connectivity index (χ2v) is 6.11. The van der Waals surface area contributed by atoms with Gasteiger partial charge in [-0.15, -0.1) is 0 Å². The molecule has 0 saturated carbocycles. The molecule has 0 aliphatic carbocycles. The van der Waals surface area contributed by atoms with Crippen molar-refractivity contribution in [2.45, 2.75) is 45.2 Å². The summed E-state index contributed by atoms with van der Waals surface area (Å²) in [5.74, 6) is 2.23. The van der Waals surface area contributed by atoms with Crippen LogP contribution in [0.15, 0.2) is 6.07 Å². The lowest BCUT2D eigenvalue weighted by Gasteiger charge is -2.23. The lowest BCUT2D eigenvalue weighted by atomic mass is 10.1. The average Bonchev–Trinajstić information content (AvgIpc) is 2.85. The maximum atomic E-state index is 5.18. The van der Waals surface area contributed by atoms with Crippen molar-refractivity contribution in [2.24, 2.45) is 0 Å². The zero-order valence-electron chi connectivity index (χ0n) is 13.7. The number of nitrogens with one attached hydrogen (secondary N) is 2. The first-order valence-corrected chi connectivity index (χ1v) is 7.56. The van der Waals surface area contributed by atoms with Crippen molar-refractivity contribution in [3.63, 3.8) is 0 Å². The third-order valence-electron chi connectivity index (χ3n) is 3.75. The first-order chi connectivity index (χ1) is 9.99. The number of anilines is 1. The highest BCUT2D eigenvalue weighted by Gasteiger charge is 2.25. The fraction of sp³-hybridized carbons (Fsp3) is 0.733. The molecular formula is C15H27N5O. The van der Waals surface area contributed by atoms with E-state index in [0.29, 0.717) is 18.0 Å². The van der Waals surface area contributed by atoms with Crippen LogP contribution >= 0.6 is 0 Å². The van der Waals surface area contributed by atoms with Gasteiger partial charge in [0.2, 0.25) is 0 Å². The largest absolute Gasteiger partial charge is 0.383 e. The van der Waals surface area contributed by atoms with E-state index >= 15 is 0 Å². The summed E-state index contributed by atoms with van der Waals surface area (Å²) >= 11 is 0. The van der Waals surface area contributed by atoms with Crippen molar-refractivity contribution in [3.05, 3.63) is 17.6 Å². The summed E-state index contributed by atoms with van der Waals surface area (Å²) in [5, 5.41) is 0. The SMILES string of the molecule is COCC1CC(CN(C)c2cc(C(C)C)nc(C)n2)NN1. The minimum Gasteiger partial charge on any atom is -0.383 e. The summed E-state index contributed by atoms with van der Waals surface area (Å²) in [6, 6.07) is 2.87. The Morgan fingerprint density at radius 2 is 2.05 bits per heavy atom. The predicted molar refractivity (Wildman–Crippen MR) is 84.5 cm³/mol. The number of methoxy groups -OCH3 is 1. The molecule has 1 fully saturated rings. The van der Waals surface area contributed by atoms with Crippen LogP contribution in [0.2, 0.25) is 0 Å². The Hall–Kier alpha value is -1.24. The summed E-state index contributed by atoms with van der Waals surface area (Å²) < 4.78 is 5.18. The molecule has 2 heterocycles. The molecule has 1 aliphatic heterocycles. The number of ether oxygens (including phenoxy) is 1. The molecule has 0 aromatic carbocycles. The Bertz CT molecular complexity index is 465. The molecule has 2 rings (SSSR count). The van der Waals surface area contributed by atoms with E-state index in [1.807, 2.05) is 6.92 Å². The molecule has 2 unspecified atom stereocenters. The Balaban J connectivity index is 1.99. The minimum absolute atomic E-state index is 0.381. The molecule has 6 heteroatoms. The van der Waals surface area contributed by atoms with E-state index in [-0.39, 0.29) is 0 Å². The third-order valence-corrected chi connectivity index (χ3v) is 3.75. The van der Waals surface area contributed by atoms with Gasteiger partial charge < -0.3 is 9.64 Å². The van der Waals surface area contributed by atoms with E-state index in [2.05, 4.69) is 52.7 Å². The molecule has 1 aromatic rings. The van der Waals surface area contributed by atoms with Gasteiger partial charge in [0.25, 0.3) is 0 Å². The number of likely N-dealkylation sites (N-methyl/N-ethyl adjacent to an activating group) is 1. The highest BCUT2D eigenvalue weighted by molar-refractivity contribution is 5.39. The van der Waals surface area contributed by atoms with Crippen LogP contribution in [0, 0.1) is 6.92 Å². The van der Waals surface area contributed by atoms with Crippen molar-refractivity contribution in [3.8, 4) is 0 Å². The van der Waals surface area contributed by atoms with Crippen LogP contribution in [0.3, 0.4) is 0 Å². The third kappa shape index (κ3) is 4.36. The van der Waals surface area contributed by atoms with Crippen LogP contribution in [-0.2, 0) is 4.74 Å². The van der Waals surface area contributed by atoms with Gasteiger partial charge in [-0.25, -0.2) is 9.97 Å². The van der Waals surface area contributed by atoms with E-state index in [0.717, 1.165) is 36.9 Å². The molecule has 0 spiro atoms. The monoisotopic (exact) mass is 293 g/mol. The van der Waals surface area contributed by atoms with Gasteiger partial charge in [0.15, 0.2) is 0 Å². The number of hydrogen-bond acceptors (Lipinski definition) is 6. The zero-order chi connectivity index (χ0) is 15.4. The Morgan fingerprint density at radius 1 is 1.33 bits per heavy atom. The summed E-state index contributed by atoms with van der Waals surface area (Å²) in [6.45, 7) is 7.90. The van der Waals surface area contributed by atoms with Gasteiger partial charge in [0, 0.05) is 44.5 Å². The summed E-state index contributed by atoms with van der Waals surface area (Å²) in [6.07, 6.45) is 1.05. The van der Waals surface area contributed by atoms with Gasteiger partial charge in [-0.3, -0.25) is 10.9 Å². The molecule has 0 bridgehead atoms. The predicted octanol–water partition coefficient (Wildman–Crippen LogP) is 1.23. The topological polar surface area (TPSA) is 62.3 Å². The van der Waals surface area contributed by atoms with Crippen LogP contribution in [0.5, 0.6) is 0 Å². The molecule has 6 nitrogen and oxygen atoms in total. The molecule has 2 atom stereocenters. The fourth-order valence-corrected chi connectivity index (χ4v) is 2.62. The number of hydrazine groups is 1. The Morgan fingerprint density at radius 3 is 2.71 bits per heavy atom. The number of hydrogen-bond donors (Lipinski definition) is 2. The second kappa shape index (κ2) is 7.15. The maximum absolute atomic E-state index is 5.18. The molecular weight excluding hydrogens is 266 g/mol. The fourth-order valence-electron chi connectivity index (χ4n) is 2.62. The van der Waals surface area contributed by atoms with Crippen molar-refractivity contribution in [1.82, 2.24) is 20.8 Å². The number of aromatic nitrogens is 2. The van der Waals surface area contributed by atoms with Gasteiger partial charge in [-0.1, -0.05) is 13.8 Å². The molecule has 1 aliphatic rings. The standard InChI is InChI=1S/C15H27N5O/c1-10(2)14-7-15(17-11(3)16-14)20(4)8-12-6-13(9-21-5)19-18-12/h7,10,12-13,18-19H,6,8-9H2,1-5H3. The van der Waals surface area contributed by atoms with Crippen LogP contribution in [-0.4, -0.2) is 49.4 Å². The summed E-state index contributed by atoms with van der Waals surface area (Å²) in [7, 11) is 3.81. The molecule has 0 amide bonds. The summed E-state index contributed by atoms with van der Waals surface area (Å²) in [4.78, 5) is 11.2. The first-order valence-electron chi connectivity index (χ1n) is 7.56. The lowest BCUT2D eigenvalue weighted by molar-refractivity contribution is 0.171. The number of rotatable bonds is 6. The lowest BCUT2D eigenvalue weighted by Crippen LogP contribution is -2.40. The maximum Gasteiger partial charge on any atom is 0.132 e. The van der Waals surface area contributed by atoms with Gasteiger partial charge in [-0.05, 0) is 19.3 Å². The molecule has 21 heavy (non-hydrogen) atoms. The summed E-state index contributed by atoms with van der Waals surface area (Å²) in [5.41, 5.74) is 7.70. The van der Waals surface area contributed by atoms with E-state index in [1.54, 1.807) is 7.11 Å². The van der Waals surface area contributed by atoms with Crippen molar-refractivity contribution in [1.29, 1.82) is 0 Å². The number of aryl methyl sites for hydroxylation is 1. The molecule has 1 aromatic heterocycles. The van der Waals surface area contributed by atoms with Gasteiger partial charge >= 0.3 is 0 Å². The van der Waals surface area contributed by atoms with E-state index in [4.69, 9.17) is 4.74 Å². The van der Waals surface area contributed by atoms with E-state index in [9.17, 15) is 0 Å². The van der Waals surface area contributed by atoms with E-state index in [1.165, 1.54) is 0 Å². The van der Waals surface area contributed by atoms with Crippen molar-refractivity contribution < 1.29 is 4.74 Å². The van der Waals surface area contributed by atoms with Crippen LogP contribution in [0.1, 0.15) is 37.7 Å². The Labute approximate surface area is 127 Å². The van der Waals surface area contributed by atoms with Crippen molar-refractivity contribution >= 4 is 5.82 Å². The van der Waals surface area contributed by atoms with Gasteiger partial charge in [-0.2, -0.15) is 0 Å². The van der Waals surface area contributed by atoms with Gasteiger partial charge in [0.1, 0.15) is 11.6 Å². The highest BCUT2D eigenvalue weighted by atomic mass is 16.5. The van der Waals surface area contributed by atoms with E-state index < -0.39 is 0 Å². The normalized spacial score (nSPS) is 22.0. The molecule has 0 radical (unpaired) electrons. The highest BCUT2D eigenvalue weighted by Crippen LogP contribution is 2.18. The molecule has 2 N–H and O–H groups in total. The van der Waals surface area contributed by atoms with Crippen LogP contribution in [0.25, 0.3) is 0 Å². The van der Waals surface area contributed by atoms with Crippen LogP contribution < -0.4 is 15.8 Å². The smallest absolute Gasteiger partial charge is 0.132 e. The molecule has 1 saturated heterocycles. The Kier molecular flexibility index (Phi) is 5.50. The quantitative estimate of drug-likeness (QED) is 0.822. The average molecular weight is 293 g/mol. The zero-order valence-corrected chi connectivity index (χ0v) is 13.7. The second-order valence-electron chi connectivity index (χ2n) is 6.11. The minimum atomic E-state index is 0.381. The van der Waals surface area contributed by atoms with Gasteiger partial charge in [0.05, 0.1) is 6.61 Å².